The van der Waals surface area contributed by atoms with Gasteiger partial charge in [0.25, 0.3) is 0 Å². The number of hydrogen-bond acceptors (Lipinski definition) is 5. The number of carbonyl (C=O) groups is 1. The lowest BCUT2D eigenvalue weighted by Gasteiger charge is -2.29. The van der Waals surface area contributed by atoms with Gasteiger partial charge in [-0.1, -0.05) is 0 Å². The van der Waals surface area contributed by atoms with Gasteiger partial charge in [-0.2, -0.15) is 5.10 Å². The first-order chi connectivity index (χ1) is 15.0. The highest BCUT2D eigenvalue weighted by Crippen LogP contribution is 2.38. The van der Waals surface area contributed by atoms with Crippen molar-refractivity contribution in [2.24, 2.45) is 4.99 Å². The second kappa shape index (κ2) is 9.06. The van der Waals surface area contributed by atoms with Gasteiger partial charge < -0.3 is 14.4 Å². The molecule has 2 aromatic rings. The molecular weight excluding hydrogens is 392 g/mol. The van der Waals surface area contributed by atoms with E-state index in [4.69, 9.17) is 14.6 Å². The van der Waals surface area contributed by atoms with Gasteiger partial charge in [0.15, 0.2) is 0 Å². The van der Waals surface area contributed by atoms with Crippen LogP contribution >= 0.6 is 0 Å². The Hall–Kier alpha value is -2.93. The SMILES string of the molecule is C=N/C=C\c1c(OC)ccc(-c2nn(C3CCOCC3)c3c2CN(C(C)=O)CC3)c1C. The van der Waals surface area contributed by atoms with Gasteiger partial charge in [0, 0.05) is 68.2 Å². The van der Waals surface area contributed by atoms with E-state index in [1.807, 2.05) is 17.0 Å². The van der Waals surface area contributed by atoms with Gasteiger partial charge >= 0.3 is 0 Å². The lowest BCUT2D eigenvalue weighted by atomic mass is 9.94. The first-order valence-corrected chi connectivity index (χ1v) is 10.8. The highest BCUT2D eigenvalue weighted by atomic mass is 16.5. The molecule has 2 aliphatic rings. The van der Waals surface area contributed by atoms with Gasteiger partial charge in [-0.25, -0.2) is 0 Å². The third kappa shape index (κ3) is 4.02. The molecule has 0 saturated carbocycles. The molecule has 2 aliphatic heterocycles. The van der Waals surface area contributed by atoms with Gasteiger partial charge in [-0.3, -0.25) is 14.5 Å². The normalized spacial score (nSPS) is 17.1. The van der Waals surface area contributed by atoms with Crippen molar-refractivity contribution >= 4 is 18.7 Å². The van der Waals surface area contributed by atoms with Crippen LogP contribution in [-0.4, -0.2) is 54.2 Å². The zero-order chi connectivity index (χ0) is 22.0. The van der Waals surface area contributed by atoms with Crippen LogP contribution in [0.15, 0.2) is 23.3 Å². The van der Waals surface area contributed by atoms with Crippen LogP contribution in [-0.2, 0) is 22.5 Å². The fourth-order valence-corrected chi connectivity index (χ4v) is 4.64. The molecule has 164 valence electrons. The predicted molar refractivity (Wildman–Crippen MR) is 121 cm³/mol. The van der Waals surface area contributed by atoms with Crippen LogP contribution in [0, 0.1) is 6.92 Å². The van der Waals surface area contributed by atoms with Gasteiger partial charge in [0.2, 0.25) is 5.91 Å². The number of fused-ring (bicyclic) bond motifs is 1. The summed E-state index contributed by atoms with van der Waals surface area (Å²) in [5, 5.41) is 5.14. The van der Waals surface area contributed by atoms with Crippen LogP contribution in [0.2, 0.25) is 0 Å². The molecule has 0 unspecified atom stereocenters. The van der Waals surface area contributed by atoms with Crippen molar-refractivity contribution in [2.75, 3.05) is 26.9 Å². The van der Waals surface area contributed by atoms with E-state index in [-0.39, 0.29) is 5.91 Å². The summed E-state index contributed by atoms with van der Waals surface area (Å²) >= 11 is 0. The minimum absolute atomic E-state index is 0.0996. The summed E-state index contributed by atoms with van der Waals surface area (Å²) in [6.07, 6.45) is 6.33. The molecule has 0 spiro atoms. The van der Waals surface area contributed by atoms with E-state index < -0.39 is 0 Å². The average Bonchev–Trinajstić information content (AvgIpc) is 3.17. The number of hydrogen-bond donors (Lipinski definition) is 0. The second-order valence-corrected chi connectivity index (χ2v) is 8.10. The van der Waals surface area contributed by atoms with Crippen LogP contribution < -0.4 is 4.74 Å². The Kier molecular flexibility index (Phi) is 6.23. The van der Waals surface area contributed by atoms with Crippen molar-refractivity contribution < 1.29 is 14.3 Å². The Labute approximate surface area is 183 Å². The third-order valence-corrected chi connectivity index (χ3v) is 6.36. The highest BCUT2D eigenvalue weighted by molar-refractivity contribution is 5.77. The van der Waals surface area contributed by atoms with Gasteiger partial charge in [0.1, 0.15) is 5.75 Å². The van der Waals surface area contributed by atoms with E-state index in [1.165, 1.54) is 5.69 Å². The smallest absolute Gasteiger partial charge is 0.219 e. The molecule has 1 amide bonds. The summed E-state index contributed by atoms with van der Waals surface area (Å²) in [6.45, 7) is 10.1. The van der Waals surface area contributed by atoms with E-state index in [2.05, 4.69) is 29.4 Å². The van der Waals surface area contributed by atoms with Gasteiger partial charge in [-0.15, -0.1) is 0 Å². The van der Waals surface area contributed by atoms with Crippen molar-refractivity contribution in [1.82, 2.24) is 14.7 Å². The van der Waals surface area contributed by atoms with E-state index in [1.54, 1.807) is 20.2 Å². The van der Waals surface area contributed by atoms with Crippen molar-refractivity contribution in [3.63, 3.8) is 0 Å². The first-order valence-electron chi connectivity index (χ1n) is 10.8. The molecule has 1 aromatic carbocycles. The monoisotopic (exact) mass is 422 g/mol. The molecular formula is C24H30N4O3. The first kappa shape index (κ1) is 21.3. The van der Waals surface area contributed by atoms with Crippen LogP contribution in [0.3, 0.4) is 0 Å². The summed E-state index contributed by atoms with van der Waals surface area (Å²) in [6, 6.07) is 4.37. The summed E-state index contributed by atoms with van der Waals surface area (Å²) in [5.74, 6) is 0.881. The Bertz CT molecular complexity index is 1020. The Morgan fingerprint density at radius 3 is 2.81 bits per heavy atom. The fraction of sp³-hybridized carbons (Fsp3) is 0.458. The lowest BCUT2D eigenvalue weighted by Crippen LogP contribution is -2.35. The molecule has 0 atom stereocenters. The molecule has 0 aliphatic carbocycles. The molecule has 7 heteroatoms. The van der Waals surface area contributed by atoms with Crippen molar-refractivity contribution in [2.45, 2.75) is 45.7 Å². The topological polar surface area (TPSA) is 69.0 Å². The van der Waals surface area contributed by atoms with Crippen molar-refractivity contribution in [3.8, 4) is 17.0 Å². The van der Waals surface area contributed by atoms with E-state index in [9.17, 15) is 4.79 Å². The maximum Gasteiger partial charge on any atom is 0.219 e. The molecule has 3 heterocycles. The summed E-state index contributed by atoms with van der Waals surface area (Å²) in [7, 11) is 1.67. The average molecular weight is 423 g/mol. The van der Waals surface area contributed by atoms with Crippen molar-refractivity contribution in [1.29, 1.82) is 0 Å². The fourth-order valence-electron chi connectivity index (χ4n) is 4.64. The number of ether oxygens (including phenoxy) is 2. The molecule has 7 nitrogen and oxygen atoms in total. The number of rotatable bonds is 5. The number of methoxy groups -OCH3 is 1. The highest BCUT2D eigenvalue weighted by Gasteiger charge is 2.30. The van der Waals surface area contributed by atoms with E-state index >= 15 is 0 Å². The molecule has 0 bridgehead atoms. The molecule has 1 saturated heterocycles. The molecule has 0 N–H and O–H groups in total. The Morgan fingerprint density at radius 1 is 1.35 bits per heavy atom. The molecule has 1 fully saturated rings. The zero-order valence-corrected chi connectivity index (χ0v) is 18.6. The van der Waals surface area contributed by atoms with Crippen molar-refractivity contribution in [3.05, 3.63) is 40.7 Å². The number of aromatic nitrogens is 2. The van der Waals surface area contributed by atoms with E-state index in [0.29, 0.717) is 12.6 Å². The number of nitrogens with zero attached hydrogens (tertiary/aromatic N) is 4. The number of aliphatic imine (C=N–C) groups is 1. The quantitative estimate of drug-likeness (QED) is 0.688. The lowest BCUT2D eigenvalue weighted by molar-refractivity contribution is -0.129. The maximum absolute atomic E-state index is 12.1. The second-order valence-electron chi connectivity index (χ2n) is 8.10. The number of carbonyl (C=O) groups excluding carboxylic acids is 1. The largest absolute Gasteiger partial charge is 0.496 e. The van der Waals surface area contributed by atoms with Gasteiger partial charge in [0.05, 0.1) is 18.8 Å². The maximum atomic E-state index is 12.1. The number of amides is 1. The molecule has 1 aromatic heterocycles. The summed E-state index contributed by atoms with van der Waals surface area (Å²) in [5.41, 5.74) is 6.43. The Morgan fingerprint density at radius 2 is 2.13 bits per heavy atom. The standard InChI is InChI=1S/C24H30N4O3/c1-16-19(7-11-25-3)23(30-4)6-5-20(16)24-21-15-27(17(2)29)12-8-22(21)28(26-24)18-9-13-31-14-10-18/h5-7,11,18H,3,8-10,12-15H2,1-2,4H3/b11-7-. The van der Waals surface area contributed by atoms with Gasteiger partial charge in [-0.05, 0) is 50.3 Å². The summed E-state index contributed by atoms with van der Waals surface area (Å²) in [4.78, 5) is 17.9. The third-order valence-electron chi connectivity index (χ3n) is 6.36. The predicted octanol–water partition coefficient (Wildman–Crippen LogP) is 3.79. The molecule has 31 heavy (non-hydrogen) atoms. The van der Waals surface area contributed by atoms with Crippen LogP contribution in [0.1, 0.15) is 48.2 Å². The minimum Gasteiger partial charge on any atom is -0.496 e. The molecule has 4 rings (SSSR count). The van der Waals surface area contributed by atoms with Crippen LogP contribution in [0.25, 0.3) is 17.3 Å². The van der Waals surface area contributed by atoms with Crippen LogP contribution in [0.5, 0.6) is 5.75 Å². The molecule has 0 radical (unpaired) electrons. The van der Waals surface area contributed by atoms with E-state index in [0.717, 1.165) is 72.7 Å². The van der Waals surface area contributed by atoms with Crippen LogP contribution in [0.4, 0.5) is 0 Å². The number of benzene rings is 1. The minimum atomic E-state index is 0.0996. The zero-order valence-electron chi connectivity index (χ0n) is 18.6. The summed E-state index contributed by atoms with van der Waals surface area (Å²) < 4.78 is 13.4. The Balaban J connectivity index is 1.86.